The smallest absolute Gasteiger partial charge is 0.340 e. The first-order valence-electron chi connectivity index (χ1n) is 7.87. The van der Waals surface area contributed by atoms with Gasteiger partial charge in [0.05, 0.1) is 16.3 Å². The van der Waals surface area contributed by atoms with Gasteiger partial charge in [-0.1, -0.05) is 53.0 Å². The second-order valence-corrected chi connectivity index (χ2v) is 7.35. The lowest BCUT2D eigenvalue weighted by Crippen LogP contribution is -2.21. The van der Waals surface area contributed by atoms with E-state index < -0.39 is 18.5 Å². The van der Waals surface area contributed by atoms with Crippen LogP contribution in [0.15, 0.2) is 47.8 Å². The molecule has 0 saturated heterocycles. The summed E-state index contributed by atoms with van der Waals surface area (Å²) in [6.07, 6.45) is 0. The number of hydrogen-bond donors (Lipinski definition) is 1. The molecule has 27 heavy (non-hydrogen) atoms. The lowest BCUT2D eigenvalue weighted by atomic mass is 10.1. The number of esters is 1. The Labute approximate surface area is 169 Å². The van der Waals surface area contributed by atoms with E-state index in [1.165, 1.54) is 23.5 Å². The summed E-state index contributed by atoms with van der Waals surface area (Å²) >= 11 is 13.1. The van der Waals surface area contributed by atoms with E-state index in [0.29, 0.717) is 10.2 Å². The molecule has 3 aromatic rings. The summed E-state index contributed by atoms with van der Waals surface area (Å²) in [6.45, 7) is 1.55. The average molecular weight is 421 g/mol. The quantitative estimate of drug-likeness (QED) is 0.574. The van der Waals surface area contributed by atoms with E-state index in [1.54, 1.807) is 6.07 Å². The fraction of sp³-hybridized carbons (Fsp3) is 0.105. The SMILES string of the molecule is Cc1ccc(-c2csc(NC(=O)COC(=O)c3cc(Cl)ccc3Cl)n2)cc1. The Morgan fingerprint density at radius 3 is 2.63 bits per heavy atom. The molecule has 0 spiro atoms. The van der Waals surface area contributed by atoms with E-state index in [2.05, 4.69) is 10.3 Å². The Balaban J connectivity index is 1.57. The van der Waals surface area contributed by atoms with Gasteiger partial charge in [-0.25, -0.2) is 9.78 Å². The normalized spacial score (nSPS) is 10.5. The summed E-state index contributed by atoms with van der Waals surface area (Å²) in [4.78, 5) is 28.4. The zero-order chi connectivity index (χ0) is 19.4. The minimum atomic E-state index is -0.725. The van der Waals surface area contributed by atoms with Gasteiger partial charge in [-0.2, -0.15) is 0 Å². The number of carbonyl (C=O) groups excluding carboxylic acids is 2. The van der Waals surface area contributed by atoms with Crippen molar-refractivity contribution in [1.82, 2.24) is 4.98 Å². The molecule has 0 bridgehead atoms. The molecule has 138 valence electrons. The van der Waals surface area contributed by atoms with E-state index in [9.17, 15) is 9.59 Å². The molecule has 0 fully saturated rings. The molecule has 8 heteroatoms. The van der Waals surface area contributed by atoms with Crippen molar-refractivity contribution in [3.8, 4) is 11.3 Å². The number of rotatable bonds is 5. The van der Waals surface area contributed by atoms with Gasteiger partial charge in [-0.05, 0) is 25.1 Å². The molecule has 1 N–H and O–H groups in total. The van der Waals surface area contributed by atoms with Gasteiger partial charge < -0.3 is 4.74 Å². The number of thiazole rings is 1. The van der Waals surface area contributed by atoms with Gasteiger partial charge in [0.2, 0.25) is 0 Å². The number of benzene rings is 2. The van der Waals surface area contributed by atoms with E-state index >= 15 is 0 Å². The van der Waals surface area contributed by atoms with Crippen LogP contribution in [0.3, 0.4) is 0 Å². The van der Waals surface area contributed by atoms with Gasteiger partial charge in [0.15, 0.2) is 11.7 Å². The van der Waals surface area contributed by atoms with Crippen molar-refractivity contribution >= 4 is 51.5 Å². The molecule has 1 aromatic heterocycles. The first kappa shape index (κ1) is 19.4. The highest BCUT2D eigenvalue weighted by molar-refractivity contribution is 7.14. The Hall–Kier alpha value is -2.41. The van der Waals surface area contributed by atoms with Gasteiger partial charge in [-0.15, -0.1) is 11.3 Å². The molecule has 0 radical (unpaired) electrons. The van der Waals surface area contributed by atoms with Crippen LogP contribution in [0.1, 0.15) is 15.9 Å². The predicted molar refractivity (Wildman–Crippen MR) is 108 cm³/mol. The van der Waals surface area contributed by atoms with Crippen LogP contribution < -0.4 is 5.32 Å². The maximum absolute atomic E-state index is 12.0. The van der Waals surface area contributed by atoms with Crippen molar-refractivity contribution in [2.45, 2.75) is 6.92 Å². The molecule has 1 heterocycles. The van der Waals surface area contributed by atoms with Crippen LogP contribution in [0.2, 0.25) is 10.0 Å². The monoisotopic (exact) mass is 420 g/mol. The van der Waals surface area contributed by atoms with Crippen molar-refractivity contribution in [3.05, 3.63) is 69.0 Å². The van der Waals surface area contributed by atoms with Crippen LogP contribution in [0.5, 0.6) is 0 Å². The molecule has 0 aliphatic carbocycles. The Morgan fingerprint density at radius 1 is 1.15 bits per heavy atom. The molecule has 5 nitrogen and oxygen atoms in total. The summed E-state index contributed by atoms with van der Waals surface area (Å²) in [5, 5.41) is 5.43. The Morgan fingerprint density at radius 2 is 1.89 bits per heavy atom. The van der Waals surface area contributed by atoms with E-state index in [0.717, 1.165) is 16.8 Å². The van der Waals surface area contributed by atoms with Gasteiger partial charge in [-0.3, -0.25) is 10.1 Å². The number of amides is 1. The fourth-order valence-corrected chi connectivity index (χ4v) is 3.31. The highest BCUT2D eigenvalue weighted by Crippen LogP contribution is 2.25. The Bertz CT molecular complexity index is 987. The van der Waals surface area contributed by atoms with Gasteiger partial charge in [0.1, 0.15) is 0 Å². The van der Waals surface area contributed by atoms with E-state index in [4.69, 9.17) is 27.9 Å². The zero-order valence-electron chi connectivity index (χ0n) is 14.2. The number of carbonyl (C=O) groups is 2. The number of anilines is 1. The third-order valence-electron chi connectivity index (χ3n) is 3.58. The second kappa shape index (κ2) is 8.52. The Kier molecular flexibility index (Phi) is 6.11. The predicted octanol–water partition coefficient (Wildman–Crippen LogP) is 5.22. The van der Waals surface area contributed by atoms with Crippen LogP contribution in [0, 0.1) is 6.92 Å². The summed E-state index contributed by atoms with van der Waals surface area (Å²) in [7, 11) is 0. The maximum atomic E-state index is 12.0. The summed E-state index contributed by atoms with van der Waals surface area (Å²) < 4.78 is 4.99. The first-order chi connectivity index (χ1) is 12.9. The van der Waals surface area contributed by atoms with Crippen LogP contribution in [-0.2, 0) is 9.53 Å². The van der Waals surface area contributed by atoms with Gasteiger partial charge >= 0.3 is 5.97 Å². The number of aryl methyl sites for hydroxylation is 1. The second-order valence-electron chi connectivity index (χ2n) is 5.65. The van der Waals surface area contributed by atoms with Crippen molar-refractivity contribution in [2.75, 3.05) is 11.9 Å². The molecule has 1 amide bonds. The largest absolute Gasteiger partial charge is 0.452 e. The molecule has 0 aliphatic heterocycles. The molecule has 0 aliphatic rings. The van der Waals surface area contributed by atoms with Crippen LogP contribution in [0.4, 0.5) is 5.13 Å². The summed E-state index contributed by atoms with van der Waals surface area (Å²) in [5.74, 6) is -1.22. The maximum Gasteiger partial charge on any atom is 0.340 e. The third-order valence-corrected chi connectivity index (χ3v) is 4.90. The van der Waals surface area contributed by atoms with Crippen LogP contribution >= 0.6 is 34.5 Å². The number of ether oxygens (including phenoxy) is 1. The minimum absolute atomic E-state index is 0.105. The summed E-state index contributed by atoms with van der Waals surface area (Å²) in [5.41, 5.74) is 2.98. The number of hydrogen-bond acceptors (Lipinski definition) is 5. The highest BCUT2D eigenvalue weighted by atomic mass is 35.5. The molecular formula is C19H14Cl2N2O3S. The molecule has 2 aromatic carbocycles. The molecule has 3 rings (SSSR count). The highest BCUT2D eigenvalue weighted by Gasteiger charge is 2.15. The zero-order valence-corrected chi connectivity index (χ0v) is 16.5. The topological polar surface area (TPSA) is 68.3 Å². The van der Waals surface area contributed by atoms with Crippen LogP contribution in [-0.4, -0.2) is 23.5 Å². The number of nitrogens with one attached hydrogen (secondary N) is 1. The molecular weight excluding hydrogens is 407 g/mol. The minimum Gasteiger partial charge on any atom is -0.452 e. The van der Waals surface area contributed by atoms with Crippen molar-refractivity contribution < 1.29 is 14.3 Å². The molecule has 0 unspecified atom stereocenters. The van der Waals surface area contributed by atoms with Crippen molar-refractivity contribution in [3.63, 3.8) is 0 Å². The standard InChI is InChI=1S/C19H14Cl2N2O3S/c1-11-2-4-12(5-3-11)16-10-27-19(22-16)23-17(24)9-26-18(25)14-8-13(20)6-7-15(14)21/h2-8,10H,9H2,1H3,(H,22,23,24). The third kappa shape index (κ3) is 5.07. The average Bonchev–Trinajstić information content (AvgIpc) is 3.10. The lowest BCUT2D eigenvalue weighted by Gasteiger charge is -2.06. The van der Waals surface area contributed by atoms with Crippen LogP contribution in [0.25, 0.3) is 11.3 Å². The number of aromatic nitrogens is 1. The number of nitrogens with zero attached hydrogens (tertiary/aromatic N) is 1. The molecule has 0 saturated carbocycles. The van der Waals surface area contributed by atoms with Crippen molar-refractivity contribution in [1.29, 1.82) is 0 Å². The lowest BCUT2D eigenvalue weighted by molar-refractivity contribution is -0.119. The summed E-state index contributed by atoms with van der Waals surface area (Å²) in [6, 6.07) is 12.3. The fourth-order valence-electron chi connectivity index (χ4n) is 2.21. The first-order valence-corrected chi connectivity index (χ1v) is 9.50. The van der Waals surface area contributed by atoms with Crippen molar-refractivity contribution in [2.24, 2.45) is 0 Å². The molecule has 0 atom stereocenters. The number of halogens is 2. The van der Waals surface area contributed by atoms with Gasteiger partial charge in [0, 0.05) is 16.0 Å². The van der Waals surface area contributed by atoms with Gasteiger partial charge in [0.25, 0.3) is 5.91 Å². The van der Waals surface area contributed by atoms with E-state index in [-0.39, 0.29) is 10.6 Å². The van der Waals surface area contributed by atoms with E-state index in [1.807, 2.05) is 36.6 Å².